The van der Waals surface area contributed by atoms with Crippen LogP contribution in [0.1, 0.15) is 0 Å². The molecule has 6 heteroatoms. The molecule has 0 aliphatic heterocycles. The highest BCUT2D eigenvalue weighted by Crippen LogP contribution is 2.47. The second kappa shape index (κ2) is 5.32. The minimum atomic E-state index is -0.791. The molecule has 12 heavy (non-hydrogen) atoms. The molecule has 0 spiro atoms. The Labute approximate surface area is 81.3 Å². The minimum absolute atomic E-state index is 0.791. The Kier molecular flexibility index (Phi) is 5.57. The van der Waals surface area contributed by atoms with E-state index in [0.717, 1.165) is 0 Å². The van der Waals surface area contributed by atoms with Gasteiger partial charge in [-0.15, -0.1) is 0 Å². The molecule has 0 atom stereocenters. The van der Waals surface area contributed by atoms with E-state index in [1.54, 1.807) is 0 Å². The van der Waals surface area contributed by atoms with Crippen molar-refractivity contribution in [1.82, 2.24) is 19.6 Å². The van der Waals surface area contributed by atoms with Crippen LogP contribution in [-0.2, 0) is 0 Å². The smallest absolute Gasteiger partial charge is 0.168 e. The molecule has 74 valence electrons. The van der Waals surface area contributed by atoms with E-state index in [2.05, 4.69) is 0 Å². The van der Waals surface area contributed by atoms with Crippen LogP contribution in [0.4, 0.5) is 0 Å². The van der Waals surface area contributed by atoms with Crippen LogP contribution in [0.3, 0.4) is 0 Å². The monoisotopic (exact) mass is 212 g/mol. The summed E-state index contributed by atoms with van der Waals surface area (Å²) in [6.45, 7) is 0. The highest BCUT2D eigenvalue weighted by atomic mass is 35.7. The molecule has 0 aliphatic rings. The Morgan fingerprint density at radius 3 is 1.17 bits per heavy atom. The van der Waals surface area contributed by atoms with Gasteiger partial charge in [-0.25, -0.2) is 10.0 Å². The number of hydrogen-bond donors (Lipinski definition) is 0. The normalized spacial score (nSPS) is 13.0. The van der Waals surface area contributed by atoms with Crippen molar-refractivity contribution in [3.05, 3.63) is 0 Å². The Morgan fingerprint density at radius 1 is 0.750 bits per heavy atom. The van der Waals surface area contributed by atoms with E-state index >= 15 is 0 Å². The van der Waals surface area contributed by atoms with Crippen molar-refractivity contribution in [3.8, 4) is 0 Å². The quantitative estimate of drug-likeness (QED) is 0.514. The topological polar surface area (TPSA) is 13.0 Å². The summed E-state index contributed by atoms with van der Waals surface area (Å²) >= 11 is 6.21. The summed E-state index contributed by atoms with van der Waals surface area (Å²) in [5.74, 6) is 0. The second-order valence-electron chi connectivity index (χ2n) is 2.91. The molecule has 0 amide bonds. The van der Waals surface area contributed by atoms with E-state index in [-0.39, 0.29) is 0 Å². The van der Waals surface area contributed by atoms with Crippen molar-refractivity contribution in [1.29, 1.82) is 0 Å². The van der Waals surface area contributed by atoms with Gasteiger partial charge < -0.3 is 0 Å². The van der Waals surface area contributed by atoms with Gasteiger partial charge in [-0.3, -0.25) is 0 Å². The van der Waals surface area contributed by atoms with Gasteiger partial charge in [-0.2, -0.15) is 9.56 Å². The maximum atomic E-state index is 6.21. The third kappa shape index (κ3) is 3.52. The summed E-state index contributed by atoms with van der Waals surface area (Å²) < 4.78 is 3.99. The van der Waals surface area contributed by atoms with Crippen molar-refractivity contribution in [2.45, 2.75) is 0 Å². The van der Waals surface area contributed by atoms with Crippen LogP contribution < -0.4 is 0 Å². The standard InChI is InChI=1S/C6H18ClN4P/c1-8(2)10(5)12(7)11(6)9(3)4/h1-6H3. The fourth-order valence-electron chi connectivity index (χ4n) is 0.483. The van der Waals surface area contributed by atoms with Gasteiger partial charge in [-0.05, 0) is 0 Å². The molecule has 0 aliphatic carbocycles. The van der Waals surface area contributed by atoms with Crippen molar-refractivity contribution >= 4 is 18.8 Å². The van der Waals surface area contributed by atoms with Crippen LogP contribution in [0.25, 0.3) is 0 Å². The summed E-state index contributed by atoms with van der Waals surface area (Å²) in [5, 5.41) is 3.94. The predicted octanol–water partition coefficient (Wildman–Crippen LogP) is 1.27. The molecule has 0 radical (unpaired) electrons. The van der Waals surface area contributed by atoms with Gasteiger partial charge in [0.15, 0.2) is 7.58 Å². The lowest BCUT2D eigenvalue weighted by molar-refractivity contribution is 0.119. The second-order valence-corrected chi connectivity index (χ2v) is 5.46. The van der Waals surface area contributed by atoms with Crippen LogP contribution in [0.5, 0.6) is 0 Å². The summed E-state index contributed by atoms with van der Waals surface area (Å²) in [4.78, 5) is 0. The molecular formula is C6H18ClN4P. The molecule has 0 rings (SSSR count). The van der Waals surface area contributed by atoms with Gasteiger partial charge in [0, 0.05) is 42.3 Å². The van der Waals surface area contributed by atoms with Gasteiger partial charge in [0.1, 0.15) is 0 Å². The molecule has 4 nitrogen and oxygen atoms in total. The van der Waals surface area contributed by atoms with Gasteiger partial charge in [0.05, 0.1) is 0 Å². The summed E-state index contributed by atoms with van der Waals surface area (Å²) in [6, 6.07) is 0. The number of halogens is 1. The van der Waals surface area contributed by atoms with Crippen LogP contribution >= 0.6 is 18.8 Å². The first kappa shape index (κ1) is 12.6. The van der Waals surface area contributed by atoms with Crippen molar-refractivity contribution in [2.24, 2.45) is 0 Å². The van der Waals surface area contributed by atoms with E-state index < -0.39 is 7.58 Å². The SMILES string of the molecule is CN(C)N(C)P(Cl)N(C)N(C)C. The first-order valence-corrected chi connectivity index (χ1v) is 5.80. The molecular weight excluding hydrogens is 195 g/mol. The Bertz CT molecular complexity index is 119. The Balaban J connectivity index is 4.08. The van der Waals surface area contributed by atoms with Gasteiger partial charge in [0.2, 0.25) is 0 Å². The Morgan fingerprint density at radius 2 is 1.00 bits per heavy atom. The lowest BCUT2D eigenvalue weighted by atomic mass is 11.1. The molecule has 0 fully saturated rings. The first-order chi connectivity index (χ1) is 5.37. The largest absolute Gasteiger partial charge is 0.243 e. The fourth-order valence-corrected chi connectivity index (χ4v) is 2.26. The van der Waals surface area contributed by atoms with Crippen LogP contribution in [0.15, 0.2) is 0 Å². The third-order valence-corrected chi connectivity index (χ3v) is 4.62. The minimum Gasteiger partial charge on any atom is -0.243 e. The molecule has 0 saturated heterocycles. The molecule has 0 unspecified atom stereocenters. The first-order valence-electron chi connectivity index (χ1n) is 3.65. The number of hydrazine groups is 2. The zero-order valence-electron chi connectivity index (χ0n) is 8.61. The zero-order chi connectivity index (χ0) is 9.89. The Hall–Kier alpha value is 0.560. The lowest BCUT2D eigenvalue weighted by Gasteiger charge is -2.36. The van der Waals surface area contributed by atoms with E-state index in [1.807, 2.05) is 61.9 Å². The maximum Gasteiger partial charge on any atom is 0.168 e. The fraction of sp³-hybridized carbons (Fsp3) is 1.00. The highest BCUT2D eigenvalue weighted by molar-refractivity contribution is 7.79. The van der Waals surface area contributed by atoms with E-state index in [9.17, 15) is 0 Å². The number of nitrogens with zero attached hydrogens (tertiary/aromatic N) is 4. The molecule has 0 aromatic heterocycles. The molecule has 0 saturated carbocycles. The van der Waals surface area contributed by atoms with Crippen LogP contribution in [0.2, 0.25) is 0 Å². The van der Waals surface area contributed by atoms with Gasteiger partial charge in [0.25, 0.3) is 0 Å². The van der Waals surface area contributed by atoms with Gasteiger partial charge >= 0.3 is 0 Å². The summed E-state index contributed by atoms with van der Waals surface area (Å²) in [7, 11) is 11.0. The van der Waals surface area contributed by atoms with Crippen molar-refractivity contribution in [3.63, 3.8) is 0 Å². The number of rotatable bonds is 4. The third-order valence-electron chi connectivity index (χ3n) is 1.64. The molecule has 0 heterocycles. The molecule has 0 aromatic carbocycles. The predicted molar refractivity (Wildman–Crippen MR) is 55.7 cm³/mol. The van der Waals surface area contributed by atoms with Crippen LogP contribution in [-0.4, -0.2) is 61.9 Å². The summed E-state index contributed by atoms with van der Waals surface area (Å²) in [6.07, 6.45) is 0. The molecule has 0 N–H and O–H groups in total. The average Bonchev–Trinajstić information content (AvgIpc) is 2.00. The van der Waals surface area contributed by atoms with Crippen molar-refractivity contribution in [2.75, 3.05) is 42.3 Å². The summed E-state index contributed by atoms with van der Waals surface area (Å²) in [5.41, 5.74) is 0. The maximum absolute atomic E-state index is 6.21. The average molecular weight is 213 g/mol. The van der Waals surface area contributed by atoms with Crippen molar-refractivity contribution < 1.29 is 0 Å². The lowest BCUT2D eigenvalue weighted by Crippen LogP contribution is -2.36. The van der Waals surface area contributed by atoms with E-state index in [1.165, 1.54) is 0 Å². The van der Waals surface area contributed by atoms with E-state index in [4.69, 9.17) is 11.2 Å². The zero-order valence-corrected chi connectivity index (χ0v) is 10.3. The van der Waals surface area contributed by atoms with E-state index in [0.29, 0.717) is 0 Å². The van der Waals surface area contributed by atoms with Gasteiger partial charge in [-0.1, -0.05) is 11.2 Å². The highest BCUT2D eigenvalue weighted by Gasteiger charge is 2.20. The number of hydrogen-bond acceptors (Lipinski definition) is 4. The molecule has 0 bridgehead atoms. The van der Waals surface area contributed by atoms with Crippen LogP contribution in [0, 0.1) is 0 Å². The molecule has 0 aromatic rings.